The normalized spacial score (nSPS) is 12.3. The van der Waals surface area contributed by atoms with Crippen molar-refractivity contribution in [3.05, 3.63) is 141 Å². The summed E-state index contributed by atoms with van der Waals surface area (Å²) in [5.41, 5.74) is -3.93. The Bertz CT molecular complexity index is 2640. The predicted molar refractivity (Wildman–Crippen MR) is 253 cm³/mol. The number of unbranched alkanes of at least 4 members (excludes halogenated alkanes) is 4. The minimum atomic E-state index is -4.73. The molecule has 2 heterocycles. The molecule has 376 valence electrons. The zero-order valence-corrected chi connectivity index (χ0v) is 39.0. The smallest absolute Gasteiger partial charge is 0.417 e. The number of fused-ring (bicyclic) bond motifs is 2. The maximum Gasteiger partial charge on any atom is 0.417 e. The van der Waals surface area contributed by atoms with Gasteiger partial charge in [0.2, 0.25) is 5.92 Å². The van der Waals surface area contributed by atoms with Gasteiger partial charge in [-0.25, -0.2) is 18.4 Å². The summed E-state index contributed by atoms with van der Waals surface area (Å²) in [4.78, 5) is 26.5. The Balaban J connectivity index is 1.19. The summed E-state index contributed by atoms with van der Waals surface area (Å²) in [6.45, 7) is 6.94. The zero-order valence-electron chi connectivity index (χ0n) is 39.0. The summed E-state index contributed by atoms with van der Waals surface area (Å²) in [6, 6.07) is 19.4. The second kappa shape index (κ2) is 24.1. The van der Waals surface area contributed by atoms with Crippen LogP contribution in [0.4, 0.5) is 35.1 Å². The van der Waals surface area contributed by atoms with Crippen LogP contribution in [0.15, 0.2) is 116 Å². The first-order valence-electron chi connectivity index (χ1n) is 23.4. The minimum Gasteiger partial charge on any atom is -0.502 e. The van der Waals surface area contributed by atoms with Crippen molar-refractivity contribution in [1.82, 2.24) is 0 Å². The highest BCUT2D eigenvalue weighted by Gasteiger charge is 2.36. The molecule has 16 heteroatoms. The molecule has 0 spiro atoms. The first-order valence-corrected chi connectivity index (χ1v) is 23.4. The number of rotatable bonds is 26. The van der Waals surface area contributed by atoms with Gasteiger partial charge in [-0.2, -0.15) is 26.3 Å². The summed E-state index contributed by atoms with van der Waals surface area (Å²) in [5, 5.41) is 0.642. The quantitative estimate of drug-likeness (QED) is 0.0229. The summed E-state index contributed by atoms with van der Waals surface area (Å²) in [5.74, 6) is -2.63. The van der Waals surface area contributed by atoms with Crippen LogP contribution in [0.5, 0.6) is 11.5 Å². The molecule has 0 unspecified atom stereocenters. The Morgan fingerprint density at radius 1 is 0.557 bits per heavy atom. The van der Waals surface area contributed by atoms with Gasteiger partial charge >= 0.3 is 23.6 Å². The standard InChI is InChI=1S/C54H56F8O8/c1-4-7-9-13-35-15-21-42(46(27-35)53(57,58)59)44-29-37-17-19-39(31-48(37)69-50(44)63)67-33-41(66-26-12-24-52(55,56)23-11-25-65-6-3)34-68-40-20-18-38-30-45(51(64)70-49(38)32-40)43-22-16-36(14-10-8-5-2)28-47(43)54(60,61)62/h6,15-22,27-32,41H,3-5,7-14,23-26,33-34H2,1-2H3. The number of aryl methyl sites for hydroxylation is 2. The molecule has 6 rings (SSSR count). The summed E-state index contributed by atoms with van der Waals surface area (Å²) >= 11 is 0. The minimum absolute atomic E-state index is 0.0281. The Labute approximate surface area is 400 Å². The van der Waals surface area contributed by atoms with E-state index in [1.165, 1.54) is 66.9 Å². The van der Waals surface area contributed by atoms with Crippen LogP contribution in [0, 0.1) is 0 Å². The number of ether oxygens (including phenoxy) is 4. The van der Waals surface area contributed by atoms with Gasteiger partial charge in [-0.05, 0) is 98.2 Å². The van der Waals surface area contributed by atoms with Gasteiger partial charge in [0.1, 0.15) is 42.0 Å². The van der Waals surface area contributed by atoms with Gasteiger partial charge in [0.25, 0.3) is 0 Å². The average molecular weight is 985 g/mol. The molecule has 0 bridgehead atoms. The number of benzene rings is 4. The number of hydrogen-bond acceptors (Lipinski definition) is 8. The van der Waals surface area contributed by atoms with E-state index < -0.39 is 59.6 Å². The number of alkyl halides is 8. The second-order valence-electron chi connectivity index (χ2n) is 17.2. The van der Waals surface area contributed by atoms with Crippen molar-refractivity contribution in [2.75, 3.05) is 26.4 Å². The van der Waals surface area contributed by atoms with Crippen molar-refractivity contribution in [2.24, 2.45) is 0 Å². The fraction of sp³-hybridized carbons (Fsp3) is 0.407. The lowest BCUT2D eigenvalue weighted by Crippen LogP contribution is -2.29. The lowest BCUT2D eigenvalue weighted by atomic mass is 9.95. The first kappa shape index (κ1) is 53.2. The molecule has 8 nitrogen and oxygen atoms in total. The van der Waals surface area contributed by atoms with Gasteiger partial charge in [0.15, 0.2) is 0 Å². The molecule has 2 aromatic heterocycles. The zero-order chi connectivity index (χ0) is 50.5. The molecule has 0 radical (unpaired) electrons. The lowest BCUT2D eigenvalue weighted by molar-refractivity contribution is -0.138. The van der Waals surface area contributed by atoms with E-state index >= 15 is 0 Å². The van der Waals surface area contributed by atoms with Crippen LogP contribution in [0.2, 0.25) is 0 Å². The largest absolute Gasteiger partial charge is 0.502 e. The summed E-state index contributed by atoms with van der Waals surface area (Å²) in [7, 11) is 0. The highest BCUT2D eigenvalue weighted by molar-refractivity contribution is 5.85. The van der Waals surface area contributed by atoms with E-state index in [0.717, 1.165) is 50.7 Å². The molecule has 0 fully saturated rings. The Morgan fingerprint density at radius 3 is 1.44 bits per heavy atom. The molecule has 4 aromatic carbocycles. The molecule has 0 atom stereocenters. The summed E-state index contributed by atoms with van der Waals surface area (Å²) < 4.78 is 149. The molecule has 0 amide bonds. The van der Waals surface area contributed by atoms with Crippen LogP contribution < -0.4 is 20.7 Å². The third-order valence-corrected chi connectivity index (χ3v) is 11.7. The highest BCUT2D eigenvalue weighted by atomic mass is 19.4. The van der Waals surface area contributed by atoms with Gasteiger partial charge in [0, 0.05) is 53.5 Å². The molecule has 0 aliphatic heterocycles. The molecule has 0 aliphatic rings. The van der Waals surface area contributed by atoms with Crippen molar-refractivity contribution in [3.63, 3.8) is 0 Å². The molecule has 0 saturated carbocycles. The van der Waals surface area contributed by atoms with Crippen LogP contribution in [0.1, 0.15) is 100 Å². The monoisotopic (exact) mass is 984 g/mol. The SMILES string of the molecule is C=COCCCC(F)(F)CCCOC(COc1ccc2cc(-c3ccc(CCCCC)cc3C(F)(F)F)c(=O)oc2c1)COc1ccc2cc(-c3ccc(CCCCC)cc3C(F)(F)F)c(=O)oc2c1. The lowest BCUT2D eigenvalue weighted by Gasteiger charge is -2.21. The van der Waals surface area contributed by atoms with Gasteiger partial charge in [-0.3, -0.25) is 0 Å². The number of hydrogen-bond donors (Lipinski definition) is 0. The molecule has 0 N–H and O–H groups in total. The fourth-order valence-corrected chi connectivity index (χ4v) is 8.05. The van der Waals surface area contributed by atoms with Crippen molar-refractivity contribution < 1.29 is 62.9 Å². The van der Waals surface area contributed by atoms with Crippen molar-refractivity contribution in [3.8, 4) is 33.8 Å². The summed E-state index contributed by atoms with van der Waals surface area (Å²) in [6.07, 6.45) is -4.05. The maximum absolute atomic E-state index is 14.6. The van der Waals surface area contributed by atoms with Crippen molar-refractivity contribution in [2.45, 2.75) is 115 Å². The van der Waals surface area contributed by atoms with Crippen LogP contribution in [0.25, 0.3) is 44.2 Å². The van der Waals surface area contributed by atoms with E-state index in [-0.39, 0.29) is 84.2 Å². The van der Waals surface area contributed by atoms with Gasteiger partial charge in [-0.15, -0.1) is 0 Å². The molecular formula is C54H56F8O8. The van der Waals surface area contributed by atoms with Crippen molar-refractivity contribution >= 4 is 21.9 Å². The molecule has 0 aliphatic carbocycles. The first-order chi connectivity index (χ1) is 33.4. The Kier molecular flexibility index (Phi) is 18.3. The predicted octanol–water partition coefficient (Wildman–Crippen LogP) is 14.9. The van der Waals surface area contributed by atoms with Gasteiger partial charge in [0.05, 0.1) is 35.1 Å². The van der Waals surface area contributed by atoms with E-state index in [0.29, 0.717) is 34.7 Å². The second-order valence-corrected chi connectivity index (χ2v) is 17.2. The molecule has 6 aromatic rings. The van der Waals surface area contributed by atoms with Gasteiger partial charge in [-0.1, -0.05) is 70.4 Å². The third-order valence-electron chi connectivity index (χ3n) is 11.7. The Morgan fingerprint density at radius 2 is 1.01 bits per heavy atom. The molecule has 0 saturated heterocycles. The highest BCUT2D eigenvalue weighted by Crippen LogP contribution is 2.40. The van der Waals surface area contributed by atoms with Gasteiger partial charge < -0.3 is 27.8 Å². The molecular weight excluding hydrogens is 929 g/mol. The average Bonchev–Trinajstić information content (AvgIpc) is 3.31. The van der Waals surface area contributed by atoms with Crippen molar-refractivity contribution in [1.29, 1.82) is 0 Å². The van der Waals surface area contributed by atoms with Crippen LogP contribution in [-0.2, 0) is 34.7 Å². The fourth-order valence-electron chi connectivity index (χ4n) is 8.05. The molecule has 70 heavy (non-hydrogen) atoms. The van der Waals surface area contributed by atoms with E-state index in [1.54, 1.807) is 12.1 Å². The van der Waals surface area contributed by atoms with E-state index in [4.69, 9.17) is 27.8 Å². The maximum atomic E-state index is 14.6. The van der Waals surface area contributed by atoms with E-state index in [1.807, 2.05) is 13.8 Å². The van der Waals surface area contributed by atoms with Crippen LogP contribution in [-0.4, -0.2) is 38.5 Å². The van der Waals surface area contributed by atoms with E-state index in [2.05, 4.69) is 6.58 Å². The third kappa shape index (κ3) is 14.7. The number of halogens is 8. The topological polar surface area (TPSA) is 97.3 Å². The van der Waals surface area contributed by atoms with Crippen LogP contribution in [0.3, 0.4) is 0 Å². The Hall–Kier alpha value is -6.16. The van der Waals surface area contributed by atoms with Crippen LogP contribution >= 0.6 is 0 Å². The van der Waals surface area contributed by atoms with E-state index in [9.17, 15) is 44.7 Å².